The van der Waals surface area contributed by atoms with Crippen LogP contribution < -0.4 is 5.32 Å². The summed E-state index contributed by atoms with van der Waals surface area (Å²) in [6.07, 6.45) is 3.83. The van der Waals surface area contributed by atoms with Crippen molar-refractivity contribution < 1.29 is 14.3 Å². The van der Waals surface area contributed by atoms with Gasteiger partial charge in [0, 0.05) is 19.8 Å². The Morgan fingerprint density at radius 2 is 2.07 bits per heavy atom. The summed E-state index contributed by atoms with van der Waals surface area (Å²) < 4.78 is 10.7. The molecule has 2 saturated heterocycles. The monoisotopic (exact) mass is 213 g/mol. The van der Waals surface area contributed by atoms with E-state index >= 15 is 0 Å². The molecule has 86 valence electrons. The predicted molar refractivity (Wildman–Crippen MR) is 55.5 cm³/mol. The smallest absolute Gasteiger partial charge is 0.309 e. The summed E-state index contributed by atoms with van der Waals surface area (Å²) in [5, 5.41) is 3.24. The van der Waals surface area contributed by atoms with Crippen molar-refractivity contribution in [1.82, 2.24) is 5.32 Å². The molecule has 15 heavy (non-hydrogen) atoms. The van der Waals surface area contributed by atoms with Crippen LogP contribution in [0.25, 0.3) is 0 Å². The first-order chi connectivity index (χ1) is 7.36. The van der Waals surface area contributed by atoms with Gasteiger partial charge in [-0.1, -0.05) is 0 Å². The maximum atomic E-state index is 11.8. The van der Waals surface area contributed by atoms with Gasteiger partial charge in [-0.3, -0.25) is 4.79 Å². The fourth-order valence-corrected chi connectivity index (χ4v) is 2.11. The van der Waals surface area contributed by atoms with Gasteiger partial charge in [0.25, 0.3) is 0 Å². The number of rotatable bonds is 2. The zero-order valence-corrected chi connectivity index (χ0v) is 9.04. The molecule has 0 aromatic heterocycles. The molecule has 0 bridgehead atoms. The highest BCUT2D eigenvalue weighted by Gasteiger charge is 2.26. The van der Waals surface area contributed by atoms with Crippen LogP contribution in [0.4, 0.5) is 0 Å². The fraction of sp³-hybridized carbons (Fsp3) is 0.909. The van der Waals surface area contributed by atoms with E-state index in [0.29, 0.717) is 13.2 Å². The summed E-state index contributed by atoms with van der Waals surface area (Å²) in [5.74, 6) is 0.0488. The summed E-state index contributed by atoms with van der Waals surface area (Å²) >= 11 is 0. The third kappa shape index (κ3) is 3.18. The minimum Gasteiger partial charge on any atom is -0.461 e. The molecule has 0 spiro atoms. The molecular weight excluding hydrogens is 194 g/mol. The lowest BCUT2D eigenvalue weighted by atomic mass is 10.0. The van der Waals surface area contributed by atoms with Crippen molar-refractivity contribution in [1.29, 1.82) is 0 Å². The number of carbonyl (C=O) groups is 1. The highest BCUT2D eigenvalue weighted by molar-refractivity contribution is 5.72. The normalized spacial score (nSPS) is 28.7. The Morgan fingerprint density at radius 1 is 1.27 bits per heavy atom. The van der Waals surface area contributed by atoms with Gasteiger partial charge in [0.1, 0.15) is 6.10 Å². The summed E-state index contributed by atoms with van der Waals surface area (Å²) in [6, 6.07) is 0. The van der Waals surface area contributed by atoms with Gasteiger partial charge in [-0.25, -0.2) is 0 Å². The largest absolute Gasteiger partial charge is 0.461 e. The van der Waals surface area contributed by atoms with E-state index in [4.69, 9.17) is 9.47 Å². The van der Waals surface area contributed by atoms with E-state index in [2.05, 4.69) is 5.32 Å². The van der Waals surface area contributed by atoms with Gasteiger partial charge in [-0.05, 0) is 32.2 Å². The first kappa shape index (κ1) is 10.9. The van der Waals surface area contributed by atoms with Crippen molar-refractivity contribution in [2.24, 2.45) is 5.92 Å². The Labute approximate surface area is 90.3 Å². The molecule has 2 rings (SSSR count). The van der Waals surface area contributed by atoms with Crippen molar-refractivity contribution in [2.45, 2.75) is 31.8 Å². The number of hydrogen-bond acceptors (Lipinski definition) is 4. The average molecular weight is 213 g/mol. The molecule has 1 N–H and O–H groups in total. The minimum atomic E-state index is -0.0213. The first-order valence-corrected chi connectivity index (χ1v) is 5.85. The van der Waals surface area contributed by atoms with Crippen molar-refractivity contribution in [2.75, 3.05) is 26.3 Å². The Bertz CT molecular complexity index is 208. The number of ether oxygens (including phenoxy) is 2. The van der Waals surface area contributed by atoms with Crippen LogP contribution in [0.3, 0.4) is 0 Å². The van der Waals surface area contributed by atoms with Gasteiger partial charge in [-0.15, -0.1) is 0 Å². The van der Waals surface area contributed by atoms with Crippen LogP contribution in [0.5, 0.6) is 0 Å². The molecular formula is C11H19NO3. The van der Waals surface area contributed by atoms with Gasteiger partial charge >= 0.3 is 5.97 Å². The first-order valence-electron chi connectivity index (χ1n) is 5.85. The standard InChI is InChI=1S/C11H19NO3/c13-11(9-3-6-14-7-4-9)15-10-2-1-5-12-8-10/h9-10,12H,1-8H2/t10-/m0/s1. The maximum absolute atomic E-state index is 11.8. The second-order valence-electron chi connectivity index (χ2n) is 4.29. The van der Waals surface area contributed by atoms with Crippen LogP contribution in [0.2, 0.25) is 0 Å². The lowest BCUT2D eigenvalue weighted by Gasteiger charge is -2.26. The highest BCUT2D eigenvalue weighted by Crippen LogP contribution is 2.18. The van der Waals surface area contributed by atoms with E-state index in [1.54, 1.807) is 0 Å². The van der Waals surface area contributed by atoms with Crippen molar-refractivity contribution in [3.05, 3.63) is 0 Å². The molecule has 0 unspecified atom stereocenters. The number of carbonyl (C=O) groups excluding carboxylic acids is 1. The third-order valence-electron chi connectivity index (χ3n) is 3.09. The topological polar surface area (TPSA) is 47.6 Å². The lowest BCUT2D eigenvalue weighted by Crippen LogP contribution is -2.38. The maximum Gasteiger partial charge on any atom is 0.309 e. The summed E-state index contributed by atoms with van der Waals surface area (Å²) in [4.78, 5) is 11.8. The van der Waals surface area contributed by atoms with E-state index in [9.17, 15) is 4.79 Å². The zero-order valence-electron chi connectivity index (χ0n) is 9.04. The third-order valence-corrected chi connectivity index (χ3v) is 3.09. The summed E-state index contributed by atoms with van der Waals surface area (Å²) in [6.45, 7) is 3.26. The van der Waals surface area contributed by atoms with Crippen LogP contribution in [-0.4, -0.2) is 38.4 Å². The van der Waals surface area contributed by atoms with Gasteiger partial charge in [0.15, 0.2) is 0 Å². The van der Waals surface area contributed by atoms with Crippen molar-refractivity contribution in [3.8, 4) is 0 Å². The highest BCUT2D eigenvalue weighted by atomic mass is 16.5. The van der Waals surface area contributed by atoms with E-state index < -0.39 is 0 Å². The molecule has 2 aliphatic heterocycles. The molecule has 0 aromatic carbocycles. The SMILES string of the molecule is O=C(O[C@H]1CCCNC1)C1CCOCC1. The second-order valence-corrected chi connectivity index (χ2v) is 4.29. The summed E-state index contributed by atoms with van der Waals surface area (Å²) in [7, 11) is 0. The molecule has 0 aromatic rings. The van der Waals surface area contributed by atoms with E-state index in [1.807, 2.05) is 0 Å². The lowest BCUT2D eigenvalue weighted by molar-refractivity contribution is -0.157. The minimum absolute atomic E-state index is 0.0213. The predicted octanol–water partition coefficient (Wildman–Crippen LogP) is 0.708. The van der Waals surface area contributed by atoms with Gasteiger partial charge in [0.2, 0.25) is 0 Å². The second kappa shape index (κ2) is 5.47. The van der Waals surface area contributed by atoms with Crippen molar-refractivity contribution >= 4 is 5.97 Å². The zero-order chi connectivity index (χ0) is 10.5. The quantitative estimate of drug-likeness (QED) is 0.686. The summed E-state index contributed by atoms with van der Waals surface area (Å²) in [5.41, 5.74) is 0. The Morgan fingerprint density at radius 3 is 2.73 bits per heavy atom. The molecule has 2 heterocycles. The van der Waals surface area contributed by atoms with Crippen LogP contribution in [0.15, 0.2) is 0 Å². The fourth-order valence-electron chi connectivity index (χ4n) is 2.11. The number of hydrogen-bond donors (Lipinski definition) is 1. The number of piperidine rings is 1. The molecule has 2 aliphatic rings. The van der Waals surface area contributed by atoms with Gasteiger partial charge in [0.05, 0.1) is 5.92 Å². The molecule has 0 amide bonds. The Balaban J connectivity index is 1.74. The van der Waals surface area contributed by atoms with E-state index in [-0.39, 0.29) is 18.0 Å². The van der Waals surface area contributed by atoms with Crippen LogP contribution in [-0.2, 0) is 14.3 Å². The van der Waals surface area contributed by atoms with Gasteiger partial charge in [-0.2, -0.15) is 0 Å². The molecule has 0 saturated carbocycles. The van der Waals surface area contributed by atoms with Crippen LogP contribution >= 0.6 is 0 Å². The molecule has 2 fully saturated rings. The average Bonchev–Trinajstić information content (AvgIpc) is 2.31. The molecule has 4 nitrogen and oxygen atoms in total. The van der Waals surface area contributed by atoms with Crippen molar-refractivity contribution in [3.63, 3.8) is 0 Å². The molecule has 0 radical (unpaired) electrons. The number of esters is 1. The van der Waals surface area contributed by atoms with E-state index in [0.717, 1.165) is 38.8 Å². The molecule has 0 aliphatic carbocycles. The van der Waals surface area contributed by atoms with Crippen LogP contribution in [0.1, 0.15) is 25.7 Å². The Kier molecular flexibility index (Phi) is 3.97. The van der Waals surface area contributed by atoms with Crippen LogP contribution in [0, 0.1) is 5.92 Å². The number of nitrogens with one attached hydrogen (secondary N) is 1. The van der Waals surface area contributed by atoms with E-state index in [1.165, 1.54) is 0 Å². The van der Waals surface area contributed by atoms with Gasteiger partial charge < -0.3 is 14.8 Å². The molecule has 1 atom stereocenters. The molecule has 4 heteroatoms. The Hall–Kier alpha value is -0.610.